The largest absolute Gasteiger partial charge is 0.378 e. The first kappa shape index (κ1) is 18.9. The van der Waals surface area contributed by atoms with E-state index in [1.807, 2.05) is 13.8 Å². The molecule has 0 aliphatic carbocycles. The summed E-state index contributed by atoms with van der Waals surface area (Å²) < 4.78 is 12.4. The van der Waals surface area contributed by atoms with E-state index in [4.69, 9.17) is 21.1 Å². The molecular weight excluding hydrogens is 358 g/mol. The van der Waals surface area contributed by atoms with Crippen LogP contribution in [0.25, 0.3) is 5.65 Å². The van der Waals surface area contributed by atoms with Gasteiger partial charge in [-0.15, -0.1) is 0 Å². The molecule has 1 amide bonds. The molecule has 0 unspecified atom stereocenters. The molecule has 26 heavy (non-hydrogen) atoms. The molecule has 0 saturated carbocycles. The van der Waals surface area contributed by atoms with Crippen LogP contribution in [0.5, 0.6) is 0 Å². The number of aromatic nitrogens is 3. The van der Waals surface area contributed by atoms with Crippen LogP contribution in [-0.4, -0.2) is 78.0 Å². The maximum Gasteiger partial charge on any atom is 0.274 e. The average Bonchev–Trinajstić information content (AvgIpc) is 3.13. The summed E-state index contributed by atoms with van der Waals surface area (Å²) >= 11 is 6.16. The minimum atomic E-state index is -0.104. The van der Waals surface area contributed by atoms with Crippen molar-refractivity contribution in [2.45, 2.75) is 13.8 Å². The molecule has 0 radical (unpaired) electrons. The van der Waals surface area contributed by atoms with Gasteiger partial charge in [0.25, 0.3) is 5.91 Å². The van der Waals surface area contributed by atoms with Crippen molar-refractivity contribution >= 4 is 29.0 Å². The van der Waals surface area contributed by atoms with Crippen LogP contribution in [0.1, 0.15) is 24.3 Å². The summed E-state index contributed by atoms with van der Waals surface area (Å²) in [5, 5.41) is 4.87. The van der Waals surface area contributed by atoms with Crippen molar-refractivity contribution in [3.63, 3.8) is 0 Å². The Labute approximate surface area is 157 Å². The lowest BCUT2D eigenvalue weighted by atomic mass is 10.3. The fourth-order valence-electron chi connectivity index (χ4n) is 2.98. The molecule has 2 aromatic heterocycles. The predicted molar refractivity (Wildman–Crippen MR) is 99.1 cm³/mol. The van der Waals surface area contributed by atoms with Crippen molar-refractivity contribution in [1.82, 2.24) is 19.5 Å². The Morgan fingerprint density at radius 2 is 1.65 bits per heavy atom. The first-order valence-corrected chi connectivity index (χ1v) is 9.36. The number of hydrogen-bond acceptors (Lipinski definition) is 6. The molecule has 0 atom stereocenters. The summed E-state index contributed by atoms with van der Waals surface area (Å²) in [6, 6.07) is 3.46. The minimum absolute atomic E-state index is 0.104. The van der Waals surface area contributed by atoms with Crippen LogP contribution in [0.4, 0.5) is 5.82 Å². The monoisotopic (exact) mass is 381 g/mol. The number of hydrogen-bond donors (Lipinski definition) is 0. The molecule has 2 aromatic rings. The lowest BCUT2D eigenvalue weighted by molar-refractivity contribution is 0.0299. The smallest absolute Gasteiger partial charge is 0.274 e. The van der Waals surface area contributed by atoms with Gasteiger partial charge in [0.05, 0.1) is 26.4 Å². The molecule has 2 saturated heterocycles. The van der Waals surface area contributed by atoms with Gasteiger partial charge in [0.2, 0.25) is 0 Å². The van der Waals surface area contributed by atoms with E-state index in [1.54, 1.807) is 21.5 Å². The van der Waals surface area contributed by atoms with Crippen molar-refractivity contribution in [2.24, 2.45) is 0 Å². The first-order chi connectivity index (χ1) is 12.7. The van der Waals surface area contributed by atoms with E-state index in [-0.39, 0.29) is 5.91 Å². The van der Waals surface area contributed by atoms with Gasteiger partial charge >= 0.3 is 0 Å². The van der Waals surface area contributed by atoms with Gasteiger partial charge in [-0.2, -0.15) is 9.61 Å². The van der Waals surface area contributed by atoms with Crippen molar-refractivity contribution in [3.05, 3.63) is 23.0 Å². The minimum Gasteiger partial charge on any atom is -0.378 e. The van der Waals surface area contributed by atoms with Crippen LogP contribution in [0.2, 0.25) is 5.15 Å². The average molecular weight is 382 g/mol. The third-order valence-corrected chi connectivity index (χ3v) is 4.42. The highest BCUT2D eigenvalue weighted by Crippen LogP contribution is 2.22. The van der Waals surface area contributed by atoms with Crippen molar-refractivity contribution in [1.29, 1.82) is 0 Å². The standard InChI is InChI=1S/C15H18ClN5O3.C2H6/c16-12-10-14(19-1-5-23-6-2-19)21-13(17-12)9-11(18-21)15(22)20-3-7-24-8-4-20;1-2/h9-10H,1-8H2;1-2H3. The van der Waals surface area contributed by atoms with Gasteiger partial charge in [0, 0.05) is 38.3 Å². The topological polar surface area (TPSA) is 72.2 Å². The summed E-state index contributed by atoms with van der Waals surface area (Å²) in [7, 11) is 0. The molecule has 9 heteroatoms. The molecule has 0 bridgehead atoms. The number of fused-ring (bicyclic) bond motifs is 1. The second-order valence-electron chi connectivity index (χ2n) is 5.74. The Balaban J connectivity index is 0.000000948. The summed E-state index contributed by atoms with van der Waals surface area (Å²) in [6.45, 7) is 9.09. The van der Waals surface area contributed by atoms with Gasteiger partial charge in [0.1, 0.15) is 11.0 Å². The zero-order valence-corrected chi connectivity index (χ0v) is 15.9. The predicted octanol–water partition coefficient (Wildman–Crippen LogP) is 1.72. The van der Waals surface area contributed by atoms with E-state index < -0.39 is 0 Å². The second-order valence-corrected chi connectivity index (χ2v) is 6.13. The summed E-state index contributed by atoms with van der Waals surface area (Å²) in [5.41, 5.74) is 0.946. The molecule has 4 rings (SSSR count). The van der Waals surface area contributed by atoms with E-state index in [1.165, 1.54) is 0 Å². The van der Waals surface area contributed by atoms with Crippen LogP contribution < -0.4 is 4.90 Å². The zero-order valence-electron chi connectivity index (χ0n) is 15.2. The van der Waals surface area contributed by atoms with Crippen molar-refractivity contribution < 1.29 is 14.3 Å². The number of anilines is 1. The first-order valence-electron chi connectivity index (χ1n) is 8.98. The molecule has 8 nitrogen and oxygen atoms in total. The normalized spacial score (nSPS) is 17.8. The van der Waals surface area contributed by atoms with Gasteiger partial charge in [-0.05, 0) is 0 Å². The van der Waals surface area contributed by atoms with Crippen LogP contribution in [0, 0.1) is 0 Å². The quantitative estimate of drug-likeness (QED) is 0.737. The molecule has 4 heterocycles. The maximum absolute atomic E-state index is 12.6. The fourth-order valence-corrected chi connectivity index (χ4v) is 3.16. The van der Waals surface area contributed by atoms with E-state index in [0.29, 0.717) is 56.0 Å². The van der Waals surface area contributed by atoms with Crippen LogP contribution >= 0.6 is 11.6 Å². The van der Waals surface area contributed by atoms with Crippen LogP contribution in [0.15, 0.2) is 12.1 Å². The Hall–Kier alpha value is -1.90. The van der Waals surface area contributed by atoms with Gasteiger partial charge < -0.3 is 19.3 Å². The van der Waals surface area contributed by atoms with E-state index in [0.717, 1.165) is 18.9 Å². The number of rotatable bonds is 2. The number of nitrogens with zero attached hydrogens (tertiary/aromatic N) is 5. The SMILES string of the molecule is CC.O=C(c1cc2nc(Cl)cc(N3CCOCC3)n2n1)N1CCOCC1. The fraction of sp³-hybridized carbons (Fsp3) is 0.588. The Morgan fingerprint density at radius 3 is 2.31 bits per heavy atom. The van der Waals surface area contributed by atoms with Crippen LogP contribution in [-0.2, 0) is 9.47 Å². The number of halogens is 1. The molecule has 2 aliphatic rings. The van der Waals surface area contributed by atoms with Gasteiger partial charge in [-0.25, -0.2) is 4.98 Å². The number of ether oxygens (including phenoxy) is 2. The Morgan fingerprint density at radius 1 is 1.04 bits per heavy atom. The summed E-state index contributed by atoms with van der Waals surface area (Å²) in [4.78, 5) is 20.8. The van der Waals surface area contributed by atoms with Crippen LogP contribution in [0.3, 0.4) is 0 Å². The molecule has 0 N–H and O–H groups in total. The van der Waals surface area contributed by atoms with E-state index in [2.05, 4.69) is 15.0 Å². The molecule has 2 fully saturated rings. The van der Waals surface area contributed by atoms with Gasteiger partial charge in [-0.1, -0.05) is 25.4 Å². The van der Waals surface area contributed by atoms with E-state index in [9.17, 15) is 4.79 Å². The highest BCUT2D eigenvalue weighted by atomic mass is 35.5. The number of carbonyl (C=O) groups is 1. The third kappa shape index (κ3) is 3.92. The van der Waals surface area contributed by atoms with E-state index >= 15 is 0 Å². The Bertz CT molecular complexity index is 754. The lowest BCUT2D eigenvalue weighted by Gasteiger charge is -2.28. The number of amides is 1. The molecule has 0 spiro atoms. The molecule has 2 aliphatic heterocycles. The highest BCUT2D eigenvalue weighted by Gasteiger charge is 2.23. The lowest BCUT2D eigenvalue weighted by Crippen LogP contribution is -2.41. The Kier molecular flexibility index (Phi) is 6.29. The zero-order chi connectivity index (χ0) is 18.5. The summed E-state index contributed by atoms with van der Waals surface area (Å²) in [5.74, 6) is 0.724. The highest BCUT2D eigenvalue weighted by molar-refractivity contribution is 6.29. The van der Waals surface area contributed by atoms with Gasteiger partial charge in [0.15, 0.2) is 11.3 Å². The van der Waals surface area contributed by atoms with Gasteiger partial charge in [-0.3, -0.25) is 4.79 Å². The van der Waals surface area contributed by atoms with Crippen molar-refractivity contribution in [2.75, 3.05) is 57.5 Å². The second kappa shape index (κ2) is 8.66. The third-order valence-electron chi connectivity index (χ3n) is 4.23. The number of morpholine rings is 2. The molecular formula is C17H24ClN5O3. The van der Waals surface area contributed by atoms with Crippen molar-refractivity contribution in [3.8, 4) is 0 Å². The molecule has 0 aromatic carbocycles. The molecule has 142 valence electrons. The summed E-state index contributed by atoms with van der Waals surface area (Å²) in [6.07, 6.45) is 0. The maximum atomic E-state index is 12.6. The number of carbonyl (C=O) groups excluding carboxylic acids is 1.